The van der Waals surface area contributed by atoms with Crippen molar-refractivity contribution in [3.8, 4) is 0 Å². The zero-order valence-corrected chi connectivity index (χ0v) is 16.7. The molecular weight excluding hydrogens is 315 g/mol. The largest absolute Gasteiger partial charge is 0.326 e. The molecule has 2 unspecified atom stereocenters. The molecule has 1 aromatic rings. The zero-order valence-electron chi connectivity index (χ0n) is 15.6. The average Bonchev–Trinajstić information content (AvgIpc) is 2.91. The van der Waals surface area contributed by atoms with Gasteiger partial charge in [0.05, 0.1) is 23.8 Å². The Morgan fingerprint density at radius 1 is 1.46 bits per heavy atom. The van der Waals surface area contributed by atoms with Gasteiger partial charge < -0.3 is 4.57 Å². The molecule has 132 valence electrons. The van der Waals surface area contributed by atoms with E-state index in [9.17, 15) is 0 Å². The van der Waals surface area contributed by atoms with E-state index in [2.05, 4.69) is 51.4 Å². The first-order valence-electron chi connectivity index (χ1n) is 8.26. The van der Waals surface area contributed by atoms with Gasteiger partial charge in [0.25, 0.3) is 0 Å². The molecular formula is C19H31N4P. The van der Waals surface area contributed by atoms with Gasteiger partial charge in [-0.25, -0.2) is 10.8 Å². The molecule has 0 saturated heterocycles. The zero-order chi connectivity index (χ0) is 18.3. The molecule has 0 radical (unpaired) electrons. The van der Waals surface area contributed by atoms with Crippen molar-refractivity contribution < 1.29 is 0 Å². The van der Waals surface area contributed by atoms with Gasteiger partial charge in [0, 0.05) is 11.4 Å². The van der Waals surface area contributed by atoms with Gasteiger partial charge in [-0.3, -0.25) is 5.01 Å². The summed E-state index contributed by atoms with van der Waals surface area (Å²) in [7, 11) is 2.79. The summed E-state index contributed by atoms with van der Waals surface area (Å²) < 4.78 is 2.17. The highest BCUT2D eigenvalue weighted by Gasteiger charge is 2.18. The molecule has 2 atom stereocenters. The van der Waals surface area contributed by atoms with Crippen LogP contribution in [0, 0.1) is 13.8 Å². The molecule has 24 heavy (non-hydrogen) atoms. The Morgan fingerprint density at radius 3 is 2.62 bits per heavy atom. The van der Waals surface area contributed by atoms with Gasteiger partial charge in [-0.2, -0.15) is 0 Å². The SMILES string of the molecule is C=CC/C=C(/P)C/C=C(\C(C)n1cnc(C)c1C)N(N)/C(C)=C/C. The van der Waals surface area contributed by atoms with Crippen LogP contribution < -0.4 is 5.84 Å². The van der Waals surface area contributed by atoms with Crippen molar-refractivity contribution in [1.29, 1.82) is 0 Å². The van der Waals surface area contributed by atoms with Gasteiger partial charge in [0.15, 0.2) is 0 Å². The molecule has 0 fully saturated rings. The van der Waals surface area contributed by atoms with Crippen molar-refractivity contribution in [2.24, 2.45) is 5.84 Å². The summed E-state index contributed by atoms with van der Waals surface area (Å²) in [6, 6.07) is 0.100. The summed E-state index contributed by atoms with van der Waals surface area (Å²) in [5, 5.41) is 3.00. The van der Waals surface area contributed by atoms with E-state index in [1.807, 2.05) is 39.3 Å². The van der Waals surface area contributed by atoms with Gasteiger partial charge in [-0.1, -0.05) is 29.6 Å². The lowest BCUT2D eigenvalue weighted by molar-refractivity contribution is 0.380. The van der Waals surface area contributed by atoms with E-state index < -0.39 is 0 Å². The van der Waals surface area contributed by atoms with Crippen molar-refractivity contribution in [3.63, 3.8) is 0 Å². The van der Waals surface area contributed by atoms with E-state index >= 15 is 0 Å². The number of rotatable bonds is 8. The summed E-state index contributed by atoms with van der Waals surface area (Å²) in [4.78, 5) is 4.41. The number of allylic oxidation sites excluding steroid dienone is 7. The van der Waals surface area contributed by atoms with Crippen LogP contribution in [0.5, 0.6) is 0 Å². The van der Waals surface area contributed by atoms with E-state index in [1.165, 1.54) is 5.31 Å². The number of hydrogen-bond acceptors (Lipinski definition) is 3. The molecule has 2 N–H and O–H groups in total. The maximum absolute atomic E-state index is 6.37. The monoisotopic (exact) mass is 346 g/mol. The standard InChI is InChI=1S/C19H31N4P/c1-7-9-10-18(24)11-12-19(23(20)14(3)8-2)17(6)22-13-21-15(4)16(22)5/h7-8,10,12-13,17H,1,9,11,20,24H2,2-6H3/b14-8+,18-10+,19-12+. The second kappa shape index (κ2) is 9.61. The van der Waals surface area contributed by atoms with Crippen LogP contribution in [-0.4, -0.2) is 14.6 Å². The number of aromatic nitrogens is 2. The van der Waals surface area contributed by atoms with Crippen LogP contribution in [0.25, 0.3) is 0 Å². The minimum atomic E-state index is 0.100. The van der Waals surface area contributed by atoms with Crippen LogP contribution in [0.2, 0.25) is 0 Å². The highest BCUT2D eigenvalue weighted by atomic mass is 31.0. The van der Waals surface area contributed by atoms with Gasteiger partial charge in [-0.05, 0) is 47.5 Å². The molecule has 4 nitrogen and oxygen atoms in total. The fourth-order valence-electron chi connectivity index (χ4n) is 2.40. The minimum Gasteiger partial charge on any atom is -0.326 e. The maximum atomic E-state index is 6.37. The van der Waals surface area contributed by atoms with Crippen molar-refractivity contribution >= 4 is 9.24 Å². The smallest absolute Gasteiger partial charge is 0.0957 e. The summed E-state index contributed by atoms with van der Waals surface area (Å²) in [5.74, 6) is 6.37. The third-order valence-corrected chi connectivity index (χ3v) is 4.77. The molecule has 0 aliphatic carbocycles. The number of imidazole rings is 1. The lowest BCUT2D eigenvalue weighted by Gasteiger charge is -2.29. The van der Waals surface area contributed by atoms with Crippen LogP contribution in [0.3, 0.4) is 0 Å². The average molecular weight is 346 g/mol. The lowest BCUT2D eigenvalue weighted by Crippen LogP contribution is -2.32. The first-order valence-corrected chi connectivity index (χ1v) is 8.84. The van der Waals surface area contributed by atoms with E-state index in [0.717, 1.165) is 35.6 Å². The minimum absolute atomic E-state index is 0.100. The molecule has 0 saturated carbocycles. The van der Waals surface area contributed by atoms with Crippen LogP contribution in [0.4, 0.5) is 0 Å². The fourth-order valence-corrected chi connectivity index (χ4v) is 2.66. The molecule has 0 aromatic carbocycles. The third kappa shape index (κ3) is 5.19. The van der Waals surface area contributed by atoms with Crippen LogP contribution in [0.15, 0.2) is 53.9 Å². The molecule has 5 heteroatoms. The number of nitrogens with zero attached hydrogens (tertiary/aromatic N) is 3. The normalized spacial score (nSPS) is 14.7. The quantitative estimate of drug-likeness (QED) is 0.319. The van der Waals surface area contributed by atoms with E-state index in [4.69, 9.17) is 5.84 Å². The molecule has 1 rings (SSSR count). The van der Waals surface area contributed by atoms with Gasteiger partial charge >= 0.3 is 0 Å². The van der Waals surface area contributed by atoms with E-state index in [1.54, 1.807) is 5.01 Å². The van der Waals surface area contributed by atoms with Gasteiger partial charge in [0.1, 0.15) is 0 Å². The summed E-state index contributed by atoms with van der Waals surface area (Å²) in [6.45, 7) is 14.0. The molecule has 0 spiro atoms. The molecule has 0 amide bonds. The number of hydrogen-bond donors (Lipinski definition) is 1. The second-order valence-corrected chi connectivity index (χ2v) is 6.68. The molecule has 1 aromatic heterocycles. The van der Waals surface area contributed by atoms with Crippen molar-refractivity contribution in [2.45, 2.75) is 53.5 Å². The predicted octanol–water partition coefficient (Wildman–Crippen LogP) is 4.77. The fraction of sp³-hybridized carbons (Fsp3) is 0.421. The second-order valence-electron chi connectivity index (χ2n) is 5.94. The Kier molecular flexibility index (Phi) is 8.17. The maximum Gasteiger partial charge on any atom is 0.0957 e. The van der Waals surface area contributed by atoms with E-state index in [0.29, 0.717) is 0 Å². The van der Waals surface area contributed by atoms with Crippen molar-refractivity contribution in [1.82, 2.24) is 14.6 Å². The highest BCUT2D eigenvalue weighted by molar-refractivity contribution is 7.22. The third-order valence-electron chi connectivity index (χ3n) is 4.30. The van der Waals surface area contributed by atoms with Crippen LogP contribution in [-0.2, 0) is 0 Å². The summed E-state index contributed by atoms with van der Waals surface area (Å²) in [5.41, 5.74) is 4.28. The van der Waals surface area contributed by atoms with Crippen LogP contribution >= 0.6 is 9.24 Å². The van der Waals surface area contributed by atoms with E-state index in [-0.39, 0.29) is 6.04 Å². The summed E-state index contributed by atoms with van der Waals surface area (Å²) >= 11 is 0. The Balaban J connectivity index is 3.18. The highest BCUT2D eigenvalue weighted by Crippen LogP contribution is 2.26. The number of aryl methyl sites for hydroxylation is 1. The topological polar surface area (TPSA) is 47.1 Å². The molecule has 1 heterocycles. The predicted molar refractivity (Wildman–Crippen MR) is 107 cm³/mol. The lowest BCUT2D eigenvalue weighted by atomic mass is 10.1. The Bertz CT molecular complexity index is 652. The Hall–Kier alpha value is -1.64. The first kappa shape index (κ1) is 20.4. The van der Waals surface area contributed by atoms with Crippen LogP contribution in [0.1, 0.15) is 51.0 Å². The van der Waals surface area contributed by atoms with Crippen molar-refractivity contribution in [3.05, 3.63) is 65.3 Å². The molecule has 0 aliphatic rings. The Labute approximate surface area is 149 Å². The first-order chi connectivity index (χ1) is 11.3. The summed E-state index contributed by atoms with van der Waals surface area (Å²) in [6.07, 6.45) is 11.8. The number of hydrazine groups is 1. The molecule has 0 aliphatic heterocycles. The van der Waals surface area contributed by atoms with Crippen molar-refractivity contribution in [2.75, 3.05) is 0 Å². The number of nitrogens with two attached hydrogens (primary N) is 1. The van der Waals surface area contributed by atoms with Gasteiger partial charge in [0.2, 0.25) is 0 Å². The molecule has 0 bridgehead atoms. The Morgan fingerprint density at radius 2 is 2.12 bits per heavy atom. The van der Waals surface area contributed by atoms with Gasteiger partial charge in [-0.15, -0.1) is 15.8 Å².